The Bertz CT molecular complexity index is 793. The van der Waals surface area contributed by atoms with E-state index in [1.807, 2.05) is 30.3 Å². The highest BCUT2D eigenvalue weighted by Gasteiger charge is 2.21. The summed E-state index contributed by atoms with van der Waals surface area (Å²) in [5.74, 6) is -1.44. The van der Waals surface area contributed by atoms with Gasteiger partial charge in [-0.15, -0.1) is 0 Å². The predicted octanol–water partition coefficient (Wildman–Crippen LogP) is 2.66. The Labute approximate surface area is 163 Å². The molecular weight excluding hydrogens is 368 g/mol. The van der Waals surface area contributed by atoms with Crippen molar-refractivity contribution in [3.05, 3.63) is 70.7 Å². The van der Waals surface area contributed by atoms with Gasteiger partial charge >= 0.3 is 5.97 Å². The molecule has 2 rings (SSSR count). The summed E-state index contributed by atoms with van der Waals surface area (Å²) in [7, 11) is 1.64. The monoisotopic (exact) mass is 388 g/mol. The van der Waals surface area contributed by atoms with E-state index in [2.05, 4.69) is 5.32 Å². The molecule has 1 atom stereocenters. The molecule has 0 aromatic heterocycles. The predicted molar refractivity (Wildman–Crippen MR) is 102 cm³/mol. The van der Waals surface area contributed by atoms with E-state index in [9.17, 15) is 14.4 Å². The summed E-state index contributed by atoms with van der Waals surface area (Å²) >= 11 is 5.77. The maximum absolute atomic E-state index is 12.3. The molecule has 2 aromatic rings. The number of amides is 2. The van der Waals surface area contributed by atoms with Gasteiger partial charge in [0.15, 0.2) is 6.10 Å². The maximum atomic E-state index is 12.3. The molecule has 0 fully saturated rings. The van der Waals surface area contributed by atoms with Crippen LogP contribution in [0.5, 0.6) is 0 Å². The molecule has 142 valence electrons. The van der Waals surface area contributed by atoms with Crippen LogP contribution in [0.3, 0.4) is 0 Å². The summed E-state index contributed by atoms with van der Waals surface area (Å²) in [4.78, 5) is 37.7. The molecule has 2 aromatic carbocycles. The number of carbonyl (C=O) groups is 3. The Kier molecular flexibility index (Phi) is 7.37. The molecule has 7 heteroatoms. The number of likely N-dealkylation sites (N-methyl/N-ethyl adjacent to an activating group) is 1. The third-order valence-electron chi connectivity index (χ3n) is 3.79. The normalized spacial score (nSPS) is 11.4. The third-order valence-corrected chi connectivity index (χ3v) is 4.05. The fraction of sp³-hybridized carbons (Fsp3) is 0.250. The Hall–Kier alpha value is -2.86. The SMILES string of the molecule is C[C@H](OC(=O)CNC(=O)c1ccc(Cl)cc1)C(=O)N(C)Cc1ccccc1. The molecule has 0 aliphatic carbocycles. The highest BCUT2D eigenvalue weighted by atomic mass is 35.5. The van der Waals surface area contributed by atoms with Crippen molar-refractivity contribution in [2.75, 3.05) is 13.6 Å². The number of hydrogen-bond acceptors (Lipinski definition) is 4. The zero-order chi connectivity index (χ0) is 19.8. The number of halogens is 1. The van der Waals surface area contributed by atoms with E-state index in [0.29, 0.717) is 17.1 Å². The molecule has 0 radical (unpaired) electrons. The summed E-state index contributed by atoms with van der Waals surface area (Å²) in [5, 5.41) is 2.96. The van der Waals surface area contributed by atoms with Crippen molar-refractivity contribution in [3.8, 4) is 0 Å². The Morgan fingerprint density at radius 2 is 1.70 bits per heavy atom. The van der Waals surface area contributed by atoms with Crippen LogP contribution in [0.1, 0.15) is 22.8 Å². The van der Waals surface area contributed by atoms with Crippen molar-refractivity contribution in [2.45, 2.75) is 19.6 Å². The number of ether oxygens (including phenoxy) is 1. The molecule has 6 nitrogen and oxygen atoms in total. The number of hydrogen-bond donors (Lipinski definition) is 1. The first-order valence-corrected chi connectivity index (χ1v) is 8.76. The van der Waals surface area contributed by atoms with Gasteiger partial charge in [0.1, 0.15) is 6.54 Å². The van der Waals surface area contributed by atoms with E-state index < -0.39 is 18.0 Å². The lowest BCUT2D eigenvalue weighted by Gasteiger charge is -2.21. The third kappa shape index (κ3) is 6.42. The average Bonchev–Trinajstić information content (AvgIpc) is 2.66. The van der Waals surface area contributed by atoms with Crippen molar-refractivity contribution in [1.29, 1.82) is 0 Å². The van der Waals surface area contributed by atoms with Crippen molar-refractivity contribution >= 4 is 29.4 Å². The van der Waals surface area contributed by atoms with Crippen LogP contribution in [0.25, 0.3) is 0 Å². The molecule has 0 aliphatic heterocycles. The fourth-order valence-electron chi connectivity index (χ4n) is 2.39. The van der Waals surface area contributed by atoms with Crippen LogP contribution in [0.15, 0.2) is 54.6 Å². The smallest absolute Gasteiger partial charge is 0.326 e. The second-order valence-electron chi connectivity index (χ2n) is 6.00. The van der Waals surface area contributed by atoms with E-state index >= 15 is 0 Å². The molecule has 0 spiro atoms. The molecule has 0 bridgehead atoms. The van der Waals surface area contributed by atoms with Gasteiger partial charge in [0.05, 0.1) is 0 Å². The summed E-state index contributed by atoms with van der Waals surface area (Å²) in [5.41, 5.74) is 1.35. The second-order valence-corrected chi connectivity index (χ2v) is 6.44. The zero-order valence-electron chi connectivity index (χ0n) is 15.1. The summed E-state index contributed by atoms with van der Waals surface area (Å²) < 4.78 is 5.11. The first-order valence-electron chi connectivity index (χ1n) is 8.39. The number of nitrogens with zero attached hydrogens (tertiary/aromatic N) is 1. The minimum atomic E-state index is -0.946. The van der Waals surface area contributed by atoms with Gasteiger partial charge in [0.2, 0.25) is 0 Å². The second kappa shape index (κ2) is 9.73. The van der Waals surface area contributed by atoms with E-state index in [0.717, 1.165) is 5.56 Å². The number of esters is 1. The number of nitrogens with one attached hydrogen (secondary N) is 1. The lowest BCUT2D eigenvalue weighted by atomic mass is 10.2. The van der Waals surface area contributed by atoms with Crippen LogP contribution < -0.4 is 5.32 Å². The Morgan fingerprint density at radius 1 is 1.07 bits per heavy atom. The van der Waals surface area contributed by atoms with Gasteiger partial charge in [-0.2, -0.15) is 0 Å². The van der Waals surface area contributed by atoms with E-state index in [1.165, 1.54) is 11.8 Å². The quantitative estimate of drug-likeness (QED) is 0.740. The van der Waals surface area contributed by atoms with Crippen molar-refractivity contribution in [3.63, 3.8) is 0 Å². The summed E-state index contributed by atoms with van der Waals surface area (Å²) in [6.45, 7) is 1.58. The average molecular weight is 389 g/mol. The molecule has 2 amide bonds. The van der Waals surface area contributed by atoms with Gasteiger partial charge in [-0.3, -0.25) is 14.4 Å². The number of benzene rings is 2. The van der Waals surface area contributed by atoms with Crippen LogP contribution in [0.2, 0.25) is 5.02 Å². The maximum Gasteiger partial charge on any atom is 0.326 e. The standard InChI is InChI=1S/C20H21ClN2O4/c1-14(20(26)23(2)13-15-6-4-3-5-7-15)27-18(24)12-22-19(25)16-8-10-17(21)11-9-16/h3-11,14H,12-13H2,1-2H3,(H,22,25)/t14-/m0/s1. The molecule has 0 saturated heterocycles. The minimum Gasteiger partial charge on any atom is -0.451 e. The van der Waals surface area contributed by atoms with Crippen molar-refractivity contribution in [2.24, 2.45) is 0 Å². The first kappa shape index (κ1) is 20.5. The van der Waals surface area contributed by atoms with Gasteiger partial charge in [-0.25, -0.2) is 0 Å². The topological polar surface area (TPSA) is 75.7 Å². The Morgan fingerprint density at radius 3 is 2.33 bits per heavy atom. The van der Waals surface area contributed by atoms with Gasteiger partial charge in [0.25, 0.3) is 11.8 Å². The summed E-state index contributed by atoms with van der Waals surface area (Å²) in [6, 6.07) is 15.8. The number of carbonyl (C=O) groups excluding carboxylic acids is 3. The molecule has 0 heterocycles. The van der Waals surface area contributed by atoms with Crippen LogP contribution >= 0.6 is 11.6 Å². The van der Waals surface area contributed by atoms with E-state index in [1.54, 1.807) is 31.3 Å². The zero-order valence-corrected chi connectivity index (χ0v) is 15.9. The van der Waals surface area contributed by atoms with Gasteiger partial charge in [0, 0.05) is 24.2 Å². The van der Waals surface area contributed by atoms with Crippen molar-refractivity contribution < 1.29 is 19.1 Å². The van der Waals surface area contributed by atoms with Gasteiger partial charge in [-0.05, 0) is 36.8 Å². The molecular formula is C20H21ClN2O4. The molecule has 27 heavy (non-hydrogen) atoms. The summed E-state index contributed by atoms with van der Waals surface area (Å²) in [6.07, 6.45) is -0.946. The highest BCUT2D eigenvalue weighted by molar-refractivity contribution is 6.30. The largest absolute Gasteiger partial charge is 0.451 e. The number of rotatable bonds is 7. The van der Waals surface area contributed by atoms with E-state index in [-0.39, 0.29) is 12.5 Å². The van der Waals surface area contributed by atoms with Crippen LogP contribution in [0.4, 0.5) is 0 Å². The molecule has 0 saturated carbocycles. The fourth-order valence-corrected chi connectivity index (χ4v) is 2.52. The molecule has 0 aliphatic rings. The lowest BCUT2D eigenvalue weighted by Crippen LogP contribution is -2.39. The van der Waals surface area contributed by atoms with E-state index in [4.69, 9.17) is 16.3 Å². The van der Waals surface area contributed by atoms with Crippen LogP contribution in [-0.2, 0) is 20.9 Å². The molecule has 1 N–H and O–H groups in total. The Balaban J connectivity index is 1.79. The van der Waals surface area contributed by atoms with Crippen LogP contribution in [-0.4, -0.2) is 42.4 Å². The van der Waals surface area contributed by atoms with Gasteiger partial charge in [-0.1, -0.05) is 41.9 Å². The molecule has 0 unspecified atom stereocenters. The lowest BCUT2D eigenvalue weighted by molar-refractivity contribution is -0.157. The minimum absolute atomic E-state index is 0.323. The first-order chi connectivity index (χ1) is 12.9. The highest BCUT2D eigenvalue weighted by Crippen LogP contribution is 2.09. The van der Waals surface area contributed by atoms with Gasteiger partial charge < -0.3 is 15.0 Å². The van der Waals surface area contributed by atoms with Crippen LogP contribution in [0, 0.1) is 0 Å². The van der Waals surface area contributed by atoms with Crippen molar-refractivity contribution in [1.82, 2.24) is 10.2 Å².